The Labute approximate surface area is 157 Å². The van der Waals surface area contributed by atoms with Crippen molar-refractivity contribution in [2.45, 2.75) is 25.6 Å². The number of aryl methyl sites for hydroxylation is 1. The number of fused-ring (bicyclic) bond motifs is 1. The number of H-pyrrole nitrogens is 1. The lowest BCUT2D eigenvalue weighted by atomic mass is 10.2. The smallest absolute Gasteiger partial charge is 0.406 e. The van der Waals surface area contributed by atoms with Crippen LogP contribution in [0, 0.1) is 0 Å². The summed E-state index contributed by atoms with van der Waals surface area (Å²) in [5.74, 6) is -0.172. The fourth-order valence-corrected chi connectivity index (χ4v) is 2.63. The molecule has 0 spiro atoms. The molecule has 0 atom stereocenters. The van der Waals surface area contributed by atoms with E-state index in [1.54, 1.807) is 24.3 Å². The van der Waals surface area contributed by atoms with E-state index in [0.717, 1.165) is 12.1 Å². The monoisotopic (exact) mass is 391 g/mol. The molecule has 0 saturated carbocycles. The summed E-state index contributed by atoms with van der Waals surface area (Å²) in [6.45, 7) is 0. The first-order valence-corrected chi connectivity index (χ1v) is 8.44. The zero-order chi connectivity index (χ0) is 20.1. The molecule has 0 fully saturated rings. The van der Waals surface area contributed by atoms with E-state index in [9.17, 15) is 22.8 Å². The van der Waals surface area contributed by atoms with Crippen LogP contribution in [0.2, 0.25) is 0 Å². The zero-order valence-corrected chi connectivity index (χ0v) is 14.5. The first kappa shape index (κ1) is 19.4. The molecule has 2 N–H and O–H groups in total. The number of para-hydroxylation sites is 1. The van der Waals surface area contributed by atoms with Gasteiger partial charge >= 0.3 is 6.36 Å². The Bertz CT molecular complexity index is 1030. The molecule has 1 heterocycles. The van der Waals surface area contributed by atoms with Gasteiger partial charge in [-0.25, -0.2) is 4.98 Å². The Morgan fingerprint density at radius 3 is 2.54 bits per heavy atom. The largest absolute Gasteiger partial charge is 0.573 e. The number of ether oxygens (including phenoxy) is 1. The van der Waals surface area contributed by atoms with E-state index in [0.29, 0.717) is 35.3 Å². The molecule has 9 heteroatoms. The standard InChI is InChI=1S/C19H16F3N3O3/c20-19(21,22)28-13-10-8-12(9-11-13)23-17(26)7-3-6-16-24-15-5-2-1-4-14(15)18(27)25-16/h1-2,4-5,8-11H,3,6-7H2,(H,23,26)(H,24,25,27). The van der Waals surface area contributed by atoms with Gasteiger partial charge in [0.1, 0.15) is 11.6 Å². The lowest BCUT2D eigenvalue weighted by Gasteiger charge is -2.10. The SMILES string of the molecule is O=C(CCCc1nc2ccccc2c(=O)[nH]1)Nc1ccc(OC(F)(F)F)cc1. The van der Waals surface area contributed by atoms with E-state index < -0.39 is 6.36 Å². The third-order valence-corrected chi connectivity index (χ3v) is 3.85. The lowest BCUT2D eigenvalue weighted by molar-refractivity contribution is -0.274. The number of hydrogen-bond donors (Lipinski definition) is 2. The van der Waals surface area contributed by atoms with E-state index in [1.807, 2.05) is 0 Å². The van der Waals surface area contributed by atoms with Crippen LogP contribution in [-0.4, -0.2) is 22.2 Å². The average Bonchev–Trinajstić information content (AvgIpc) is 2.62. The van der Waals surface area contributed by atoms with Crippen molar-refractivity contribution in [1.82, 2.24) is 9.97 Å². The van der Waals surface area contributed by atoms with Gasteiger partial charge in [0, 0.05) is 18.5 Å². The van der Waals surface area contributed by atoms with Crippen molar-refractivity contribution in [3.05, 3.63) is 64.7 Å². The van der Waals surface area contributed by atoms with Crippen LogP contribution in [0.5, 0.6) is 5.75 Å². The molecular formula is C19H16F3N3O3. The zero-order valence-electron chi connectivity index (χ0n) is 14.5. The van der Waals surface area contributed by atoms with Crippen molar-refractivity contribution >= 4 is 22.5 Å². The van der Waals surface area contributed by atoms with Crippen molar-refractivity contribution < 1.29 is 22.7 Å². The number of amides is 1. The number of halogens is 3. The molecule has 6 nitrogen and oxygen atoms in total. The van der Waals surface area contributed by atoms with Crippen LogP contribution in [0.25, 0.3) is 10.9 Å². The fourth-order valence-electron chi connectivity index (χ4n) is 2.63. The second-order valence-electron chi connectivity index (χ2n) is 6.00. The predicted octanol–water partition coefficient (Wildman–Crippen LogP) is 3.78. The number of benzene rings is 2. The third-order valence-electron chi connectivity index (χ3n) is 3.85. The molecule has 3 aromatic rings. The van der Waals surface area contributed by atoms with Gasteiger partial charge in [-0.15, -0.1) is 13.2 Å². The number of rotatable bonds is 6. The van der Waals surface area contributed by atoms with Crippen molar-refractivity contribution in [2.24, 2.45) is 0 Å². The Morgan fingerprint density at radius 2 is 1.82 bits per heavy atom. The summed E-state index contributed by atoms with van der Waals surface area (Å²) in [6.07, 6.45) is -3.74. The van der Waals surface area contributed by atoms with Crippen LogP contribution < -0.4 is 15.6 Å². The molecule has 0 saturated heterocycles. The highest BCUT2D eigenvalue weighted by Crippen LogP contribution is 2.24. The maximum absolute atomic E-state index is 12.1. The van der Waals surface area contributed by atoms with Gasteiger partial charge in [0.2, 0.25) is 5.91 Å². The number of nitrogens with zero attached hydrogens (tertiary/aromatic N) is 1. The van der Waals surface area contributed by atoms with E-state index in [2.05, 4.69) is 20.0 Å². The number of aromatic nitrogens is 2. The van der Waals surface area contributed by atoms with E-state index in [-0.39, 0.29) is 23.6 Å². The molecule has 0 unspecified atom stereocenters. The second kappa shape index (κ2) is 8.12. The predicted molar refractivity (Wildman–Crippen MR) is 97.1 cm³/mol. The summed E-state index contributed by atoms with van der Waals surface area (Å²) in [6, 6.07) is 11.8. The van der Waals surface area contributed by atoms with Gasteiger partial charge in [-0.3, -0.25) is 9.59 Å². The number of carbonyl (C=O) groups excluding carboxylic acids is 1. The van der Waals surface area contributed by atoms with Crippen LogP contribution >= 0.6 is 0 Å². The van der Waals surface area contributed by atoms with Gasteiger partial charge in [-0.1, -0.05) is 12.1 Å². The summed E-state index contributed by atoms with van der Waals surface area (Å²) in [5.41, 5.74) is 0.717. The Morgan fingerprint density at radius 1 is 1.11 bits per heavy atom. The molecule has 146 valence electrons. The molecule has 0 radical (unpaired) electrons. The highest BCUT2D eigenvalue weighted by molar-refractivity contribution is 5.90. The molecular weight excluding hydrogens is 375 g/mol. The fraction of sp³-hybridized carbons (Fsp3) is 0.211. The number of anilines is 1. The first-order valence-electron chi connectivity index (χ1n) is 8.44. The van der Waals surface area contributed by atoms with Crippen molar-refractivity contribution in [2.75, 3.05) is 5.32 Å². The summed E-state index contributed by atoms with van der Waals surface area (Å²) in [4.78, 5) is 31.0. The van der Waals surface area contributed by atoms with Gasteiger partial charge in [0.05, 0.1) is 10.9 Å². The van der Waals surface area contributed by atoms with Crippen LogP contribution in [0.4, 0.5) is 18.9 Å². The molecule has 3 rings (SSSR count). The maximum Gasteiger partial charge on any atom is 0.573 e. The number of nitrogens with one attached hydrogen (secondary N) is 2. The van der Waals surface area contributed by atoms with Gasteiger partial charge in [-0.2, -0.15) is 0 Å². The second-order valence-corrected chi connectivity index (χ2v) is 6.00. The Kier molecular flexibility index (Phi) is 5.62. The Hall–Kier alpha value is -3.36. The molecule has 28 heavy (non-hydrogen) atoms. The minimum atomic E-state index is -4.76. The summed E-state index contributed by atoms with van der Waals surface area (Å²) >= 11 is 0. The van der Waals surface area contributed by atoms with Crippen LogP contribution in [-0.2, 0) is 11.2 Å². The van der Waals surface area contributed by atoms with Crippen LogP contribution in [0.1, 0.15) is 18.7 Å². The summed E-state index contributed by atoms with van der Waals surface area (Å²) in [5, 5.41) is 3.09. The third kappa shape index (κ3) is 5.32. The molecule has 2 aromatic carbocycles. The summed E-state index contributed by atoms with van der Waals surface area (Å²) < 4.78 is 40.1. The average molecular weight is 391 g/mol. The molecule has 1 amide bonds. The maximum atomic E-state index is 12.1. The van der Waals surface area contributed by atoms with Gasteiger partial charge in [0.25, 0.3) is 5.56 Å². The number of aromatic amines is 1. The van der Waals surface area contributed by atoms with Gasteiger partial charge < -0.3 is 15.0 Å². The number of hydrogen-bond acceptors (Lipinski definition) is 4. The number of alkyl halides is 3. The van der Waals surface area contributed by atoms with Crippen molar-refractivity contribution in [1.29, 1.82) is 0 Å². The Balaban J connectivity index is 1.51. The van der Waals surface area contributed by atoms with Gasteiger partial charge in [0.15, 0.2) is 0 Å². The highest BCUT2D eigenvalue weighted by atomic mass is 19.4. The molecule has 0 aliphatic carbocycles. The van der Waals surface area contributed by atoms with Crippen molar-refractivity contribution in [3.8, 4) is 5.75 Å². The van der Waals surface area contributed by atoms with E-state index in [1.165, 1.54) is 12.1 Å². The first-order chi connectivity index (χ1) is 13.3. The van der Waals surface area contributed by atoms with Crippen LogP contribution in [0.3, 0.4) is 0 Å². The molecule has 0 bridgehead atoms. The lowest BCUT2D eigenvalue weighted by Crippen LogP contribution is -2.17. The van der Waals surface area contributed by atoms with E-state index in [4.69, 9.17) is 0 Å². The van der Waals surface area contributed by atoms with Crippen molar-refractivity contribution in [3.63, 3.8) is 0 Å². The molecule has 1 aromatic heterocycles. The highest BCUT2D eigenvalue weighted by Gasteiger charge is 2.30. The van der Waals surface area contributed by atoms with E-state index >= 15 is 0 Å². The summed E-state index contributed by atoms with van der Waals surface area (Å²) in [7, 11) is 0. The quantitative estimate of drug-likeness (QED) is 0.670. The van der Waals surface area contributed by atoms with Crippen LogP contribution in [0.15, 0.2) is 53.3 Å². The minimum absolute atomic E-state index is 0.164. The molecule has 0 aliphatic rings. The number of carbonyl (C=O) groups is 1. The van der Waals surface area contributed by atoms with Gasteiger partial charge in [-0.05, 0) is 42.8 Å². The molecule has 0 aliphatic heterocycles. The normalized spacial score (nSPS) is 11.4. The topological polar surface area (TPSA) is 84.1 Å². The minimum Gasteiger partial charge on any atom is -0.406 e.